The quantitative estimate of drug-likeness (QED) is 0.769. The summed E-state index contributed by atoms with van der Waals surface area (Å²) in [5, 5.41) is 0.348. The maximum atomic E-state index is 11.9. The zero-order chi connectivity index (χ0) is 11.5. The van der Waals surface area contributed by atoms with Crippen LogP contribution in [0.2, 0.25) is 5.02 Å². The number of ketones is 1. The lowest BCUT2D eigenvalue weighted by Gasteiger charge is -2.04. The second kappa shape index (κ2) is 4.41. The van der Waals surface area contributed by atoms with Crippen molar-refractivity contribution in [2.24, 2.45) is 0 Å². The molecule has 0 amide bonds. The molecule has 0 saturated carbocycles. The maximum Gasteiger partial charge on any atom is 0.229 e. The van der Waals surface area contributed by atoms with Gasteiger partial charge in [-0.25, -0.2) is 0 Å². The molecule has 0 aliphatic rings. The highest BCUT2D eigenvalue weighted by Gasteiger charge is 2.15. The number of methoxy groups -OCH3 is 1. The molecule has 3 nitrogen and oxygen atoms in total. The van der Waals surface area contributed by atoms with Gasteiger partial charge < -0.3 is 9.15 Å². The predicted octanol–water partition coefficient (Wildman–Crippen LogP) is 3.17. The first-order valence-electron chi connectivity index (χ1n) is 4.64. The molecular formula is C12H9ClO3. The second-order valence-corrected chi connectivity index (χ2v) is 3.56. The summed E-state index contributed by atoms with van der Waals surface area (Å²) in [6.45, 7) is 0. The van der Waals surface area contributed by atoms with Gasteiger partial charge in [-0.15, -0.1) is 0 Å². The van der Waals surface area contributed by atoms with Gasteiger partial charge in [-0.05, 0) is 30.3 Å². The van der Waals surface area contributed by atoms with Gasteiger partial charge in [-0.3, -0.25) is 4.79 Å². The molecule has 0 spiro atoms. The normalized spacial score (nSPS) is 10.1. The highest BCUT2D eigenvalue weighted by Crippen LogP contribution is 2.24. The first-order valence-corrected chi connectivity index (χ1v) is 5.02. The minimum absolute atomic E-state index is 0.238. The van der Waals surface area contributed by atoms with Gasteiger partial charge in [0.15, 0.2) is 5.76 Å². The van der Waals surface area contributed by atoms with Crippen LogP contribution in [0.15, 0.2) is 41.0 Å². The monoisotopic (exact) mass is 236 g/mol. The zero-order valence-electron chi connectivity index (χ0n) is 8.57. The molecule has 0 unspecified atom stereocenters. The van der Waals surface area contributed by atoms with Gasteiger partial charge in [0.1, 0.15) is 5.75 Å². The summed E-state index contributed by atoms with van der Waals surface area (Å²) in [7, 11) is 1.54. The fourth-order valence-corrected chi connectivity index (χ4v) is 1.60. The van der Waals surface area contributed by atoms with Gasteiger partial charge in [-0.1, -0.05) is 11.6 Å². The van der Waals surface area contributed by atoms with E-state index in [4.69, 9.17) is 20.8 Å². The Bertz CT molecular complexity index is 503. The zero-order valence-corrected chi connectivity index (χ0v) is 9.32. The van der Waals surface area contributed by atoms with Crippen molar-refractivity contribution in [3.05, 3.63) is 52.9 Å². The Morgan fingerprint density at radius 2 is 2.19 bits per heavy atom. The van der Waals surface area contributed by atoms with E-state index in [2.05, 4.69) is 0 Å². The van der Waals surface area contributed by atoms with Gasteiger partial charge >= 0.3 is 0 Å². The molecule has 0 atom stereocenters. The Hall–Kier alpha value is -1.74. The van der Waals surface area contributed by atoms with Crippen molar-refractivity contribution in [2.75, 3.05) is 7.11 Å². The minimum Gasteiger partial charge on any atom is -0.497 e. The number of carbonyl (C=O) groups excluding carboxylic acids is 1. The molecule has 1 heterocycles. The van der Waals surface area contributed by atoms with Crippen LogP contribution >= 0.6 is 11.6 Å². The van der Waals surface area contributed by atoms with Crippen LogP contribution in [0.3, 0.4) is 0 Å². The number of furan rings is 1. The van der Waals surface area contributed by atoms with Crippen LogP contribution < -0.4 is 4.74 Å². The molecule has 16 heavy (non-hydrogen) atoms. The lowest BCUT2D eigenvalue weighted by Crippen LogP contribution is -2.00. The fraction of sp³-hybridized carbons (Fsp3) is 0.0833. The van der Waals surface area contributed by atoms with Crippen molar-refractivity contribution in [3.8, 4) is 5.75 Å². The van der Waals surface area contributed by atoms with E-state index in [9.17, 15) is 4.79 Å². The Morgan fingerprint density at radius 3 is 2.75 bits per heavy atom. The highest BCUT2D eigenvalue weighted by atomic mass is 35.5. The van der Waals surface area contributed by atoms with E-state index in [-0.39, 0.29) is 11.5 Å². The number of carbonyl (C=O) groups is 1. The van der Waals surface area contributed by atoms with Crippen LogP contribution in [0, 0.1) is 0 Å². The van der Waals surface area contributed by atoms with Crippen LogP contribution in [-0.4, -0.2) is 12.9 Å². The Labute approximate surface area is 97.6 Å². The summed E-state index contributed by atoms with van der Waals surface area (Å²) in [5.74, 6) is 0.644. The van der Waals surface area contributed by atoms with Gasteiger partial charge in [0, 0.05) is 5.56 Å². The van der Waals surface area contributed by atoms with E-state index in [0.29, 0.717) is 16.3 Å². The Balaban J connectivity index is 2.38. The van der Waals surface area contributed by atoms with Crippen molar-refractivity contribution in [1.29, 1.82) is 0 Å². The lowest BCUT2D eigenvalue weighted by molar-refractivity contribution is 0.101. The molecule has 0 saturated heterocycles. The number of hydrogen-bond donors (Lipinski definition) is 0. The minimum atomic E-state index is -0.238. The molecule has 0 bridgehead atoms. The molecule has 1 aromatic carbocycles. The van der Waals surface area contributed by atoms with E-state index in [1.807, 2.05) is 0 Å². The van der Waals surface area contributed by atoms with E-state index >= 15 is 0 Å². The fourth-order valence-electron chi connectivity index (χ4n) is 1.35. The first-order chi connectivity index (χ1) is 7.72. The van der Waals surface area contributed by atoms with E-state index in [0.717, 1.165) is 0 Å². The topological polar surface area (TPSA) is 39.4 Å². The largest absolute Gasteiger partial charge is 0.497 e. The molecular weight excluding hydrogens is 228 g/mol. The van der Waals surface area contributed by atoms with E-state index in [1.54, 1.807) is 37.4 Å². The summed E-state index contributed by atoms with van der Waals surface area (Å²) in [4.78, 5) is 11.9. The highest BCUT2D eigenvalue weighted by molar-refractivity contribution is 6.34. The average molecular weight is 237 g/mol. The Kier molecular flexibility index (Phi) is 2.97. The van der Waals surface area contributed by atoms with Crippen LogP contribution in [0.4, 0.5) is 0 Å². The van der Waals surface area contributed by atoms with Crippen molar-refractivity contribution in [3.63, 3.8) is 0 Å². The Morgan fingerprint density at radius 1 is 1.38 bits per heavy atom. The molecule has 0 aliphatic carbocycles. The van der Waals surface area contributed by atoms with Gasteiger partial charge in [0.25, 0.3) is 0 Å². The molecule has 4 heteroatoms. The molecule has 1 aromatic heterocycles. The van der Waals surface area contributed by atoms with Crippen LogP contribution in [0.1, 0.15) is 16.1 Å². The third-order valence-electron chi connectivity index (χ3n) is 2.17. The van der Waals surface area contributed by atoms with Crippen LogP contribution in [0.5, 0.6) is 5.75 Å². The van der Waals surface area contributed by atoms with E-state index < -0.39 is 0 Å². The summed E-state index contributed by atoms with van der Waals surface area (Å²) in [5.41, 5.74) is 0.400. The summed E-state index contributed by atoms with van der Waals surface area (Å²) < 4.78 is 10.0. The summed E-state index contributed by atoms with van der Waals surface area (Å²) in [6, 6.07) is 8.15. The second-order valence-electron chi connectivity index (χ2n) is 3.15. The van der Waals surface area contributed by atoms with Crippen molar-refractivity contribution in [2.45, 2.75) is 0 Å². The molecule has 0 fully saturated rings. The molecule has 0 N–H and O–H groups in total. The van der Waals surface area contributed by atoms with Crippen molar-refractivity contribution in [1.82, 2.24) is 0 Å². The molecule has 82 valence electrons. The van der Waals surface area contributed by atoms with Crippen molar-refractivity contribution >= 4 is 17.4 Å². The molecule has 0 radical (unpaired) electrons. The van der Waals surface area contributed by atoms with Gasteiger partial charge in [-0.2, -0.15) is 0 Å². The number of hydrogen-bond acceptors (Lipinski definition) is 3. The van der Waals surface area contributed by atoms with Gasteiger partial charge in [0.2, 0.25) is 5.78 Å². The first kappa shape index (κ1) is 10.8. The summed E-state index contributed by atoms with van der Waals surface area (Å²) >= 11 is 5.98. The van der Waals surface area contributed by atoms with Crippen LogP contribution in [0.25, 0.3) is 0 Å². The van der Waals surface area contributed by atoms with Crippen LogP contribution in [-0.2, 0) is 0 Å². The molecule has 2 aromatic rings. The lowest BCUT2D eigenvalue weighted by atomic mass is 10.1. The van der Waals surface area contributed by atoms with Crippen molar-refractivity contribution < 1.29 is 13.9 Å². The number of halogens is 1. The average Bonchev–Trinajstić information content (AvgIpc) is 2.81. The molecule has 2 rings (SSSR count). The SMILES string of the molecule is COc1ccc(C(=O)c2ccco2)c(Cl)c1. The maximum absolute atomic E-state index is 11.9. The third-order valence-corrected chi connectivity index (χ3v) is 2.48. The standard InChI is InChI=1S/C12H9ClO3/c1-15-8-4-5-9(10(13)7-8)12(14)11-3-2-6-16-11/h2-7H,1H3. The summed E-state index contributed by atoms with van der Waals surface area (Å²) in [6.07, 6.45) is 1.45. The molecule has 0 aliphatic heterocycles. The third kappa shape index (κ3) is 1.95. The van der Waals surface area contributed by atoms with Gasteiger partial charge in [0.05, 0.1) is 18.4 Å². The smallest absolute Gasteiger partial charge is 0.229 e. The predicted molar refractivity (Wildman–Crippen MR) is 60.1 cm³/mol. The van der Waals surface area contributed by atoms with E-state index in [1.165, 1.54) is 6.26 Å². The number of ether oxygens (including phenoxy) is 1. The number of benzene rings is 1. The number of rotatable bonds is 3.